The third-order valence-electron chi connectivity index (χ3n) is 3.22. The van der Waals surface area contributed by atoms with Gasteiger partial charge in [-0.2, -0.15) is 57.1 Å². The quantitative estimate of drug-likeness (QED) is 0.403. The van der Waals surface area contributed by atoms with E-state index in [-0.39, 0.29) is 0 Å². The molecule has 0 aliphatic rings. The molecule has 0 aliphatic carbocycles. The first-order valence-electron chi connectivity index (χ1n) is 6.47. The molecule has 0 saturated heterocycles. The Hall–Kier alpha value is -1.00. The molecule has 0 fully saturated rings. The van der Waals surface area contributed by atoms with E-state index < -0.39 is 62.5 Å². The summed E-state index contributed by atoms with van der Waals surface area (Å²) in [6.07, 6.45) is -7.52. The standard InChI is InChI=1S/C10H10F13NO2S/c1-3-24(27(25,26)4-2)10(22,23)8(17,18)6(13,14)5(11,12)7(15,16)9(19,20)21/h3-4H2,1-2H3. The van der Waals surface area contributed by atoms with Crippen molar-refractivity contribution in [1.29, 1.82) is 0 Å². The minimum Gasteiger partial charge on any atom is -0.212 e. The molecule has 0 unspecified atom stereocenters. The average molecular weight is 455 g/mol. The Morgan fingerprint density at radius 1 is 0.630 bits per heavy atom. The largest absolute Gasteiger partial charge is 0.460 e. The molecule has 0 aliphatic heterocycles. The molecule has 0 atom stereocenters. The fourth-order valence-corrected chi connectivity index (χ4v) is 2.81. The summed E-state index contributed by atoms with van der Waals surface area (Å²) in [6, 6.07) is -6.79. The van der Waals surface area contributed by atoms with Gasteiger partial charge in [-0.15, -0.1) is 4.31 Å². The summed E-state index contributed by atoms with van der Waals surface area (Å²) in [7, 11) is -5.51. The SMILES string of the molecule is CCN(C(F)(F)C(F)(F)C(F)(F)C(F)(F)C(F)(F)C(F)(F)F)S(=O)(=O)CC. The van der Waals surface area contributed by atoms with Gasteiger partial charge >= 0.3 is 35.9 Å². The molecule has 0 amide bonds. The smallest absolute Gasteiger partial charge is 0.212 e. The molecule has 3 nitrogen and oxygen atoms in total. The summed E-state index contributed by atoms with van der Waals surface area (Å²) in [4.78, 5) is 0. The molecule has 0 aromatic carbocycles. The Balaban J connectivity index is 6.63. The van der Waals surface area contributed by atoms with E-state index in [9.17, 15) is 65.5 Å². The first kappa shape index (κ1) is 26.0. The van der Waals surface area contributed by atoms with Gasteiger partial charge in [0, 0.05) is 6.54 Å². The Kier molecular flexibility index (Phi) is 6.55. The van der Waals surface area contributed by atoms with Gasteiger partial charge in [0.15, 0.2) is 0 Å². The van der Waals surface area contributed by atoms with Gasteiger partial charge in [0.25, 0.3) is 0 Å². The molecule has 0 bridgehead atoms. The minimum absolute atomic E-state index is 0.373. The molecule has 0 radical (unpaired) electrons. The van der Waals surface area contributed by atoms with Crippen molar-refractivity contribution in [2.45, 2.75) is 49.8 Å². The maximum atomic E-state index is 13.7. The van der Waals surface area contributed by atoms with E-state index in [2.05, 4.69) is 0 Å². The van der Waals surface area contributed by atoms with Crippen LogP contribution in [0.4, 0.5) is 57.1 Å². The van der Waals surface area contributed by atoms with Crippen molar-refractivity contribution >= 4 is 10.0 Å². The van der Waals surface area contributed by atoms with Crippen LogP contribution in [0.15, 0.2) is 0 Å². The zero-order valence-electron chi connectivity index (χ0n) is 13.0. The van der Waals surface area contributed by atoms with Gasteiger partial charge in [0.2, 0.25) is 10.0 Å². The van der Waals surface area contributed by atoms with E-state index in [0.717, 1.165) is 0 Å². The van der Waals surface area contributed by atoms with Crippen LogP contribution in [0.2, 0.25) is 0 Å². The van der Waals surface area contributed by atoms with E-state index in [1.165, 1.54) is 0 Å². The molecule has 164 valence electrons. The van der Waals surface area contributed by atoms with Crippen molar-refractivity contribution in [3.05, 3.63) is 0 Å². The van der Waals surface area contributed by atoms with E-state index in [4.69, 9.17) is 0 Å². The highest BCUT2D eigenvalue weighted by atomic mass is 32.2. The number of nitrogens with zero attached hydrogens (tertiary/aromatic N) is 1. The van der Waals surface area contributed by atoms with Crippen molar-refractivity contribution in [2.24, 2.45) is 0 Å². The van der Waals surface area contributed by atoms with Crippen LogP contribution < -0.4 is 0 Å². The fraction of sp³-hybridized carbons (Fsp3) is 1.00. The molecule has 0 N–H and O–H groups in total. The van der Waals surface area contributed by atoms with Gasteiger partial charge in [0.1, 0.15) is 0 Å². The summed E-state index contributed by atoms with van der Waals surface area (Å²) < 4.78 is 189. The second kappa shape index (κ2) is 6.81. The first-order chi connectivity index (χ1) is 11.5. The number of hydrogen-bond donors (Lipinski definition) is 0. The number of sulfonamides is 1. The molecule has 0 saturated carbocycles. The summed E-state index contributed by atoms with van der Waals surface area (Å²) in [6.45, 7) is -0.801. The summed E-state index contributed by atoms with van der Waals surface area (Å²) >= 11 is 0. The molecule has 0 spiro atoms. The first-order valence-corrected chi connectivity index (χ1v) is 8.07. The maximum absolute atomic E-state index is 13.7. The highest BCUT2D eigenvalue weighted by Gasteiger charge is 2.91. The lowest BCUT2D eigenvalue weighted by atomic mass is 9.96. The zero-order chi connectivity index (χ0) is 22.5. The molecular weight excluding hydrogens is 445 g/mol. The fourth-order valence-electron chi connectivity index (χ4n) is 1.64. The topological polar surface area (TPSA) is 37.4 Å². The molecule has 17 heteroatoms. The van der Waals surface area contributed by atoms with E-state index in [0.29, 0.717) is 13.8 Å². The van der Waals surface area contributed by atoms with Crippen molar-refractivity contribution < 1.29 is 65.5 Å². The van der Waals surface area contributed by atoms with Gasteiger partial charge in [-0.1, -0.05) is 6.92 Å². The lowest BCUT2D eigenvalue weighted by Crippen LogP contribution is -2.73. The van der Waals surface area contributed by atoms with Crippen LogP contribution in [0.1, 0.15) is 13.8 Å². The van der Waals surface area contributed by atoms with E-state index in [1.807, 2.05) is 0 Å². The third-order valence-corrected chi connectivity index (χ3v) is 5.11. The summed E-state index contributed by atoms with van der Waals surface area (Å²) in [5.74, 6) is -33.1. The van der Waals surface area contributed by atoms with Crippen LogP contribution in [0.5, 0.6) is 0 Å². The average Bonchev–Trinajstić information content (AvgIpc) is 2.45. The van der Waals surface area contributed by atoms with Crippen LogP contribution in [-0.4, -0.2) is 60.9 Å². The minimum atomic E-state index is -8.07. The van der Waals surface area contributed by atoms with Gasteiger partial charge in [0.05, 0.1) is 5.75 Å². The van der Waals surface area contributed by atoms with Crippen molar-refractivity contribution in [2.75, 3.05) is 12.3 Å². The van der Waals surface area contributed by atoms with Gasteiger partial charge < -0.3 is 0 Å². The number of halogens is 13. The Morgan fingerprint density at radius 3 is 1.22 bits per heavy atom. The molecule has 0 rings (SSSR count). The third kappa shape index (κ3) is 3.55. The summed E-state index contributed by atoms with van der Waals surface area (Å²) in [5, 5.41) is 0. The van der Waals surface area contributed by atoms with Gasteiger partial charge in [-0.3, -0.25) is 0 Å². The van der Waals surface area contributed by atoms with E-state index in [1.54, 1.807) is 0 Å². The van der Waals surface area contributed by atoms with Crippen LogP contribution >= 0.6 is 0 Å². The van der Waals surface area contributed by atoms with Crippen LogP contribution in [0, 0.1) is 0 Å². The number of alkyl halides is 13. The second-order valence-electron chi connectivity index (χ2n) is 4.90. The van der Waals surface area contributed by atoms with Crippen LogP contribution in [-0.2, 0) is 10.0 Å². The molecule has 0 aromatic heterocycles. The summed E-state index contributed by atoms with van der Waals surface area (Å²) in [5.41, 5.74) is 0. The Bertz CT molecular complexity index is 640. The van der Waals surface area contributed by atoms with Gasteiger partial charge in [-0.05, 0) is 6.92 Å². The predicted molar refractivity (Wildman–Crippen MR) is 62.6 cm³/mol. The van der Waals surface area contributed by atoms with Crippen LogP contribution in [0.25, 0.3) is 0 Å². The van der Waals surface area contributed by atoms with Gasteiger partial charge in [-0.25, -0.2) is 8.42 Å². The molecule has 27 heavy (non-hydrogen) atoms. The Labute approximate surface area is 143 Å². The monoisotopic (exact) mass is 455 g/mol. The highest BCUT2D eigenvalue weighted by Crippen LogP contribution is 2.60. The normalized spacial score (nSPS) is 16.1. The molecule has 0 aromatic rings. The molecular formula is C10H10F13NO2S. The Morgan fingerprint density at radius 2 is 0.963 bits per heavy atom. The van der Waals surface area contributed by atoms with E-state index >= 15 is 0 Å². The number of rotatable bonds is 8. The zero-order valence-corrected chi connectivity index (χ0v) is 13.8. The number of hydrogen-bond acceptors (Lipinski definition) is 2. The van der Waals surface area contributed by atoms with Crippen molar-refractivity contribution in [1.82, 2.24) is 4.31 Å². The maximum Gasteiger partial charge on any atom is 0.460 e. The highest BCUT2D eigenvalue weighted by molar-refractivity contribution is 7.89. The predicted octanol–water partition coefficient (Wildman–Crippen LogP) is 4.35. The lowest BCUT2D eigenvalue weighted by Gasteiger charge is -2.42. The second-order valence-corrected chi connectivity index (χ2v) is 7.08. The van der Waals surface area contributed by atoms with Crippen molar-refractivity contribution in [3.63, 3.8) is 0 Å². The lowest BCUT2D eigenvalue weighted by molar-refractivity contribution is -0.447. The molecule has 0 heterocycles. The van der Waals surface area contributed by atoms with Crippen molar-refractivity contribution in [3.8, 4) is 0 Å². The van der Waals surface area contributed by atoms with Crippen LogP contribution in [0.3, 0.4) is 0 Å².